The molecule has 0 bridgehead atoms. The van der Waals surface area contributed by atoms with E-state index in [1.54, 1.807) is 18.5 Å². The van der Waals surface area contributed by atoms with Gasteiger partial charge in [-0.2, -0.15) is 10.1 Å². The Labute approximate surface area is 129 Å². The van der Waals surface area contributed by atoms with Crippen LogP contribution in [0.2, 0.25) is 0 Å². The van der Waals surface area contributed by atoms with Crippen molar-refractivity contribution >= 4 is 11.8 Å². The van der Waals surface area contributed by atoms with Crippen molar-refractivity contribution in [1.82, 2.24) is 19.7 Å². The van der Waals surface area contributed by atoms with Gasteiger partial charge in [-0.1, -0.05) is 0 Å². The maximum absolute atomic E-state index is 11.8. The molecular weight excluding hydrogens is 280 g/mol. The van der Waals surface area contributed by atoms with E-state index in [1.807, 2.05) is 25.1 Å². The molecule has 0 aliphatic carbocycles. The molecule has 1 aliphatic heterocycles. The summed E-state index contributed by atoms with van der Waals surface area (Å²) in [5.41, 5.74) is -0.0719. The fourth-order valence-electron chi connectivity index (χ4n) is 2.74. The van der Waals surface area contributed by atoms with Crippen molar-refractivity contribution in [2.75, 3.05) is 30.4 Å². The van der Waals surface area contributed by atoms with Crippen molar-refractivity contribution in [3.05, 3.63) is 40.9 Å². The predicted octanol–water partition coefficient (Wildman–Crippen LogP) is 0.768. The number of rotatable bonds is 4. The smallest absolute Gasteiger partial charge is 0.266 e. The monoisotopic (exact) mass is 300 g/mol. The molecule has 0 amide bonds. The van der Waals surface area contributed by atoms with Crippen molar-refractivity contribution in [3.63, 3.8) is 0 Å². The molecule has 7 heteroatoms. The van der Waals surface area contributed by atoms with E-state index in [9.17, 15) is 4.79 Å². The molecule has 1 atom stereocenters. The lowest BCUT2D eigenvalue weighted by molar-refractivity contribution is 0.485. The molecule has 0 aromatic carbocycles. The van der Waals surface area contributed by atoms with Crippen LogP contribution in [-0.2, 0) is 6.54 Å². The first-order valence-corrected chi connectivity index (χ1v) is 7.44. The Balaban J connectivity index is 1.83. The Hall–Kier alpha value is -2.44. The van der Waals surface area contributed by atoms with E-state index in [4.69, 9.17) is 0 Å². The van der Waals surface area contributed by atoms with E-state index < -0.39 is 0 Å². The van der Waals surface area contributed by atoms with Crippen LogP contribution in [0.3, 0.4) is 0 Å². The summed E-state index contributed by atoms with van der Waals surface area (Å²) >= 11 is 0. The number of aromatic nitrogens is 4. The highest BCUT2D eigenvalue weighted by Gasteiger charge is 2.27. The molecule has 116 valence electrons. The van der Waals surface area contributed by atoms with Gasteiger partial charge in [0.1, 0.15) is 5.82 Å². The van der Waals surface area contributed by atoms with Crippen LogP contribution in [0.1, 0.15) is 12.8 Å². The van der Waals surface area contributed by atoms with Crippen LogP contribution in [0.15, 0.2) is 35.4 Å². The van der Waals surface area contributed by atoms with Gasteiger partial charge in [-0.05, 0) is 25.0 Å². The van der Waals surface area contributed by atoms with E-state index in [2.05, 4.69) is 20.0 Å². The van der Waals surface area contributed by atoms with Crippen molar-refractivity contribution in [3.8, 4) is 0 Å². The zero-order chi connectivity index (χ0) is 15.5. The first-order chi connectivity index (χ1) is 10.6. The second-order valence-corrected chi connectivity index (χ2v) is 5.64. The van der Waals surface area contributed by atoms with Gasteiger partial charge in [-0.25, -0.2) is 9.67 Å². The second-order valence-electron chi connectivity index (χ2n) is 5.64. The van der Waals surface area contributed by atoms with Gasteiger partial charge in [0.25, 0.3) is 5.56 Å². The molecule has 1 aliphatic rings. The van der Waals surface area contributed by atoms with E-state index in [0.717, 1.165) is 31.2 Å². The summed E-state index contributed by atoms with van der Waals surface area (Å²) in [5.74, 6) is 1.60. The van der Waals surface area contributed by atoms with Gasteiger partial charge in [-0.3, -0.25) is 4.79 Å². The molecule has 1 unspecified atom stereocenters. The third-order valence-electron chi connectivity index (χ3n) is 3.89. The summed E-state index contributed by atoms with van der Waals surface area (Å²) < 4.78 is 1.51. The molecule has 0 spiro atoms. The van der Waals surface area contributed by atoms with Gasteiger partial charge in [0.15, 0.2) is 0 Å². The minimum Gasteiger partial charge on any atom is -0.363 e. The fourth-order valence-corrected chi connectivity index (χ4v) is 2.74. The lowest BCUT2D eigenvalue weighted by Gasteiger charge is -2.25. The van der Waals surface area contributed by atoms with Gasteiger partial charge in [0.2, 0.25) is 5.95 Å². The molecule has 7 nitrogen and oxygen atoms in total. The van der Waals surface area contributed by atoms with Crippen LogP contribution < -0.4 is 15.4 Å². The first-order valence-electron chi connectivity index (χ1n) is 7.44. The van der Waals surface area contributed by atoms with Crippen LogP contribution in [0.5, 0.6) is 0 Å². The van der Waals surface area contributed by atoms with Crippen molar-refractivity contribution in [1.29, 1.82) is 0 Å². The normalized spacial score (nSPS) is 17.7. The van der Waals surface area contributed by atoms with Crippen LogP contribution >= 0.6 is 0 Å². The molecule has 0 radical (unpaired) electrons. The highest BCUT2D eigenvalue weighted by Crippen LogP contribution is 2.24. The lowest BCUT2D eigenvalue weighted by Crippen LogP contribution is -2.37. The Bertz CT molecular complexity index is 698. The third kappa shape index (κ3) is 2.93. The Morgan fingerprint density at radius 1 is 1.32 bits per heavy atom. The molecule has 0 N–H and O–H groups in total. The standard InChI is InChI=1S/C15H20N6O/c1-19(2)13-7-9-16-15(18-13)20-10-4-5-12(20)11-21-14(22)6-3-8-17-21/h3,6-9,12H,4-5,10-11H2,1-2H3. The highest BCUT2D eigenvalue weighted by molar-refractivity contribution is 5.43. The quantitative estimate of drug-likeness (QED) is 0.831. The minimum absolute atomic E-state index is 0.0719. The lowest BCUT2D eigenvalue weighted by atomic mass is 10.2. The summed E-state index contributed by atoms with van der Waals surface area (Å²) in [4.78, 5) is 25.0. The van der Waals surface area contributed by atoms with E-state index in [0.29, 0.717) is 6.54 Å². The summed E-state index contributed by atoms with van der Waals surface area (Å²) in [6.07, 6.45) is 5.50. The molecule has 2 aromatic heterocycles. The molecule has 22 heavy (non-hydrogen) atoms. The zero-order valence-electron chi connectivity index (χ0n) is 12.9. The Kier molecular flexibility index (Phi) is 4.04. The van der Waals surface area contributed by atoms with Crippen LogP contribution in [-0.4, -0.2) is 46.4 Å². The predicted molar refractivity (Wildman–Crippen MR) is 85.2 cm³/mol. The van der Waals surface area contributed by atoms with E-state index in [1.165, 1.54) is 10.7 Å². The summed E-state index contributed by atoms with van der Waals surface area (Å²) in [6, 6.07) is 5.28. The number of hydrogen-bond acceptors (Lipinski definition) is 6. The molecule has 2 aromatic rings. The van der Waals surface area contributed by atoms with Gasteiger partial charge in [0.05, 0.1) is 12.6 Å². The Morgan fingerprint density at radius 3 is 2.95 bits per heavy atom. The summed E-state index contributed by atoms with van der Waals surface area (Å²) in [5, 5.41) is 4.14. The zero-order valence-corrected chi connectivity index (χ0v) is 12.9. The maximum atomic E-state index is 11.8. The maximum Gasteiger partial charge on any atom is 0.266 e. The fraction of sp³-hybridized carbons (Fsp3) is 0.467. The molecule has 3 heterocycles. The van der Waals surface area contributed by atoms with E-state index in [-0.39, 0.29) is 11.6 Å². The van der Waals surface area contributed by atoms with E-state index >= 15 is 0 Å². The molecule has 0 saturated carbocycles. The van der Waals surface area contributed by atoms with Crippen LogP contribution in [0.4, 0.5) is 11.8 Å². The third-order valence-corrected chi connectivity index (χ3v) is 3.89. The van der Waals surface area contributed by atoms with Crippen molar-refractivity contribution < 1.29 is 0 Å². The topological polar surface area (TPSA) is 67.2 Å². The summed E-state index contributed by atoms with van der Waals surface area (Å²) in [6.45, 7) is 1.47. The summed E-state index contributed by atoms with van der Waals surface area (Å²) in [7, 11) is 3.92. The molecule has 1 fully saturated rings. The Morgan fingerprint density at radius 2 is 2.18 bits per heavy atom. The minimum atomic E-state index is -0.0719. The second kappa shape index (κ2) is 6.13. The van der Waals surface area contributed by atoms with Gasteiger partial charge in [0, 0.05) is 39.1 Å². The molecular formula is C15H20N6O. The number of nitrogens with zero attached hydrogens (tertiary/aromatic N) is 6. The van der Waals surface area contributed by atoms with Crippen LogP contribution in [0, 0.1) is 0 Å². The van der Waals surface area contributed by atoms with Gasteiger partial charge >= 0.3 is 0 Å². The average molecular weight is 300 g/mol. The first kappa shape index (κ1) is 14.5. The van der Waals surface area contributed by atoms with Gasteiger partial charge < -0.3 is 9.80 Å². The van der Waals surface area contributed by atoms with Crippen LogP contribution in [0.25, 0.3) is 0 Å². The molecule has 3 rings (SSSR count). The van der Waals surface area contributed by atoms with Crippen molar-refractivity contribution in [2.24, 2.45) is 0 Å². The average Bonchev–Trinajstić information content (AvgIpc) is 2.98. The van der Waals surface area contributed by atoms with Gasteiger partial charge in [-0.15, -0.1) is 0 Å². The SMILES string of the molecule is CN(C)c1ccnc(N2CCCC2Cn2ncccc2=O)n1. The van der Waals surface area contributed by atoms with Crippen molar-refractivity contribution in [2.45, 2.75) is 25.4 Å². The number of anilines is 2. The number of hydrogen-bond donors (Lipinski definition) is 0. The highest BCUT2D eigenvalue weighted by atomic mass is 16.1. The largest absolute Gasteiger partial charge is 0.363 e. The molecule has 1 saturated heterocycles.